The molecule has 6 nitrogen and oxygen atoms in total. The van der Waals surface area contributed by atoms with E-state index in [0.717, 1.165) is 10.8 Å². The number of phenols is 1. The standard InChI is InChI=1S/C12H9FN2O4/c13-9-5-15(12(19)14-11(9)18)4-7-1-2-10(17)8(3-7)6-16/h1-3,5-6,17H,4H2,(H,14,18,19). The van der Waals surface area contributed by atoms with E-state index in [1.54, 1.807) is 0 Å². The van der Waals surface area contributed by atoms with E-state index < -0.39 is 17.1 Å². The van der Waals surface area contributed by atoms with Gasteiger partial charge >= 0.3 is 5.69 Å². The summed E-state index contributed by atoms with van der Waals surface area (Å²) in [5.41, 5.74) is -1.27. The number of nitrogens with one attached hydrogen (secondary N) is 1. The predicted molar refractivity (Wildman–Crippen MR) is 63.9 cm³/mol. The van der Waals surface area contributed by atoms with E-state index in [2.05, 4.69) is 0 Å². The molecule has 0 unspecified atom stereocenters. The molecule has 98 valence electrons. The van der Waals surface area contributed by atoms with Gasteiger partial charge in [-0.25, -0.2) is 4.79 Å². The van der Waals surface area contributed by atoms with Crippen LogP contribution in [0.3, 0.4) is 0 Å². The first-order valence-electron chi connectivity index (χ1n) is 5.27. The number of phenolic OH excluding ortho intramolecular Hbond substituents is 1. The smallest absolute Gasteiger partial charge is 0.328 e. The molecule has 0 fully saturated rings. The average Bonchev–Trinajstić information content (AvgIpc) is 2.38. The van der Waals surface area contributed by atoms with Crippen molar-refractivity contribution in [3.63, 3.8) is 0 Å². The van der Waals surface area contributed by atoms with Gasteiger partial charge in [-0.3, -0.25) is 19.1 Å². The summed E-state index contributed by atoms with van der Waals surface area (Å²) in [5, 5.41) is 9.33. The number of H-pyrrole nitrogens is 1. The minimum Gasteiger partial charge on any atom is -0.507 e. The number of rotatable bonds is 3. The third-order valence-corrected chi connectivity index (χ3v) is 2.54. The summed E-state index contributed by atoms with van der Waals surface area (Å²) in [6.45, 7) is -0.0341. The third kappa shape index (κ3) is 2.59. The molecule has 0 aliphatic rings. The van der Waals surface area contributed by atoms with Gasteiger partial charge in [-0.15, -0.1) is 0 Å². The van der Waals surface area contributed by atoms with Gasteiger partial charge in [0.25, 0.3) is 5.56 Å². The molecular weight excluding hydrogens is 255 g/mol. The second-order valence-corrected chi connectivity index (χ2v) is 3.88. The van der Waals surface area contributed by atoms with E-state index in [9.17, 15) is 23.9 Å². The van der Waals surface area contributed by atoms with Gasteiger partial charge in [0.2, 0.25) is 5.82 Å². The molecule has 0 radical (unpaired) electrons. The number of carbonyl (C=O) groups excluding carboxylic acids is 1. The predicted octanol–water partition coefficient (Wildman–Crippen LogP) is 0.242. The first kappa shape index (κ1) is 12.7. The van der Waals surface area contributed by atoms with Crippen LogP contribution in [-0.2, 0) is 6.54 Å². The summed E-state index contributed by atoms with van der Waals surface area (Å²) in [4.78, 5) is 34.8. The summed E-state index contributed by atoms with van der Waals surface area (Å²) in [6, 6.07) is 4.15. The molecule has 0 saturated carbocycles. The first-order valence-corrected chi connectivity index (χ1v) is 5.27. The molecule has 0 atom stereocenters. The maximum Gasteiger partial charge on any atom is 0.328 e. The van der Waals surface area contributed by atoms with Crippen molar-refractivity contribution >= 4 is 6.29 Å². The van der Waals surface area contributed by atoms with Crippen LogP contribution in [0.25, 0.3) is 0 Å². The molecule has 2 aromatic rings. The number of nitrogens with zero attached hydrogens (tertiary/aromatic N) is 1. The Bertz CT molecular complexity index is 748. The van der Waals surface area contributed by atoms with Crippen LogP contribution in [0.5, 0.6) is 5.75 Å². The van der Waals surface area contributed by atoms with Crippen LogP contribution < -0.4 is 11.2 Å². The van der Waals surface area contributed by atoms with Gasteiger partial charge < -0.3 is 5.11 Å². The lowest BCUT2D eigenvalue weighted by Crippen LogP contribution is -2.31. The second-order valence-electron chi connectivity index (χ2n) is 3.88. The van der Waals surface area contributed by atoms with Gasteiger partial charge in [0.15, 0.2) is 6.29 Å². The summed E-state index contributed by atoms with van der Waals surface area (Å²) in [7, 11) is 0. The highest BCUT2D eigenvalue weighted by Crippen LogP contribution is 2.16. The summed E-state index contributed by atoms with van der Waals surface area (Å²) < 4.78 is 14.0. The fraction of sp³-hybridized carbons (Fsp3) is 0.0833. The van der Waals surface area contributed by atoms with E-state index in [-0.39, 0.29) is 17.9 Å². The maximum atomic E-state index is 13.1. The largest absolute Gasteiger partial charge is 0.507 e. The number of aromatic nitrogens is 2. The van der Waals surface area contributed by atoms with E-state index in [1.807, 2.05) is 4.98 Å². The van der Waals surface area contributed by atoms with Crippen LogP contribution in [-0.4, -0.2) is 20.9 Å². The average molecular weight is 264 g/mol. The molecule has 1 aromatic heterocycles. The Morgan fingerprint density at radius 1 is 1.37 bits per heavy atom. The lowest BCUT2D eigenvalue weighted by molar-refractivity contribution is 0.112. The lowest BCUT2D eigenvalue weighted by Gasteiger charge is -2.06. The zero-order chi connectivity index (χ0) is 14.0. The van der Waals surface area contributed by atoms with Gasteiger partial charge in [-0.05, 0) is 17.7 Å². The Morgan fingerprint density at radius 3 is 2.79 bits per heavy atom. The molecule has 0 aliphatic heterocycles. The van der Waals surface area contributed by atoms with E-state index in [1.165, 1.54) is 18.2 Å². The van der Waals surface area contributed by atoms with Gasteiger partial charge in [-0.1, -0.05) is 6.07 Å². The van der Waals surface area contributed by atoms with Crippen LogP contribution in [0.15, 0.2) is 34.0 Å². The number of halogens is 1. The number of aromatic hydroxyl groups is 1. The van der Waals surface area contributed by atoms with Crippen molar-refractivity contribution in [3.05, 3.63) is 62.2 Å². The van der Waals surface area contributed by atoms with Crippen molar-refractivity contribution in [2.45, 2.75) is 6.54 Å². The van der Waals surface area contributed by atoms with Crippen LogP contribution in [0.1, 0.15) is 15.9 Å². The monoisotopic (exact) mass is 264 g/mol. The molecule has 2 N–H and O–H groups in total. The molecule has 1 heterocycles. The highest BCUT2D eigenvalue weighted by molar-refractivity contribution is 5.79. The van der Waals surface area contributed by atoms with Crippen molar-refractivity contribution in [1.29, 1.82) is 0 Å². The Kier molecular flexibility index (Phi) is 3.28. The van der Waals surface area contributed by atoms with Crippen molar-refractivity contribution in [3.8, 4) is 5.75 Å². The minimum absolute atomic E-state index is 0.0341. The zero-order valence-electron chi connectivity index (χ0n) is 9.59. The third-order valence-electron chi connectivity index (χ3n) is 2.54. The molecule has 0 saturated heterocycles. The number of aromatic amines is 1. The van der Waals surface area contributed by atoms with Gasteiger partial charge in [0, 0.05) is 0 Å². The van der Waals surface area contributed by atoms with Crippen molar-refractivity contribution < 1.29 is 14.3 Å². The van der Waals surface area contributed by atoms with Crippen LogP contribution in [0.4, 0.5) is 4.39 Å². The Morgan fingerprint density at radius 2 is 2.11 bits per heavy atom. The normalized spacial score (nSPS) is 10.4. The number of hydrogen-bond donors (Lipinski definition) is 2. The Labute approximate surface area is 105 Å². The van der Waals surface area contributed by atoms with E-state index in [4.69, 9.17) is 0 Å². The summed E-state index contributed by atoms with van der Waals surface area (Å²) >= 11 is 0. The number of carbonyl (C=O) groups is 1. The van der Waals surface area contributed by atoms with E-state index in [0.29, 0.717) is 11.8 Å². The quantitative estimate of drug-likeness (QED) is 0.777. The van der Waals surface area contributed by atoms with Crippen molar-refractivity contribution in [2.75, 3.05) is 0 Å². The summed E-state index contributed by atoms with van der Waals surface area (Å²) in [6.07, 6.45) is 1.25. The SMILES string of the molecule is O=Cc1cc(Cn2cc(F)c(=O)[nH]c2=O)ccc1O. The molecule has 0 aliphatic carbocycles. The fourth-order valence-electron chi connectivity index (χ4n) is 1.59. The first-order chi connectivity index (χ1) is 9.01. The molecule has 2 rings (SSSR count). The second kappa shape index (κ2) is 4.89. The van der Waals surface area contributed by atoms with Crippen LogP contribution >= 0.6 is 0 Å². The fourth-order valence-corrected chi connectivity index (χ4v) is 1.59. The molecular formula is C12H9FN2O4. The summed E-state index contributed by atoms with van der Waals surface area (Å²) in [5.74, 6) is -1.26. The molecule has 19 heavy (non-hydrogen) atoms. The van der Waals surface area contributed by atoms with Crippen LogP contribution in [0, 0.1) is 5.82 Å². The zero-order valence-corrected chi connectivity index (χ0v) is 9.59. The van der Waals surface area contributed by atoms with Crippen molar-refractivity contribution in [2.24, 2.45) is 0 Å². The van der Waals surface area contributed by atoms with Gasteiger partial charge in [-0.2, -0.15) is 4.39 Å². The van der Waals surface area contributed by atoms with Crippen LogP contribution in [0.2, 0.25) is 0 Å². The number of aldehydes is 1. The minimum atomic E-state index is -1.08. The highest BCUT2D eigenvalue weighted by atomic mass is 19.1. The number of hydrogen-bond acceptors (Lipinski definition) is 4. The lowest BCUT2D eigenvalue weighted by atomic mass is 10.1. The van der Waals surface area contributed by atoms with Crippen molar-refractivity contribution in [1.82, 2.24) is 9.55 Å². The highest BCUT2D eigenvalue weighted by Gasteiger charge is 2.06. The van der Waals surface area contributed by atoms with E-state index >= 15 is 0 Å². The number of benzene rings is 1. The molecule has 0 amide bonds. The molecule has 7 heteroatoms. The Hall–Kier alpha value is -2.70. The molecule has 0 spiro atoms. The topological polar surface area (TPSA) is 92.2 Å². The molecule has 0 bridgehead atoms. The maximum absolute atomic E-state index is 13.1. The van der Waals surface area contributed by atoms with Gasteiger partial charge in [0.05, 0.1) is 18.3 Å². The molecule has 1 aromatic carbocycles. The van der Waals surface area contributed by atoms with Gasteiger partial charge in [0.1, 0.15) is 5.75 Å². The Balaban J connectivity index is 2.41.